The zero-order chi connectivity index (χ0) is 58.6. The molecule has 5 aliphatic rings. The largest absolute Gasteiger partial charge is 0.458 e. The summed E-state index contributed by atoms with van der Waals surface area (Å²) in [6, 6.07) is 9.92. The molecular weight excluding hydrogens is 1060 g/mol. The molecule has 5 heterocycles. The molecule has 3 aliphatic heterocycles. The Kier molecular flexibility index (Phi) is 17.8. The van der Waals surface area contributed by atoms with Crippen LogP contribution in [0.2, 0.25) is 0 Å². The van der Waals surface area contributed by atoms with Crippen molar-refractivity contribution >= 4 is 64.1 Å². The van der Waals surface area contributed by atoms with Crippen molar-refractivity contribution in [2.24, 2.45) is 11.8 Å². The van der Waals surface area contributed by atoms with Gasteiger partial charge in [0.05, 0.1) is 54.7 Å². The number of imide groups is 1. The minimum atomic E-state index is -2.06. The van der Waals surface area contributed by atoms with Crippen LogP contribution in [0, 0.1) is 24.6 Å². The number of benzene rings is 2. The average Bonchev–Trinajstić information content (AvgIpc) is 2.54. The second kappa shape index (κ2) is 24.9. The molecule has 8 amide bonds. The maximum atomic E-state index is 15.5. The van der Waals surface area contributed by atoms with Gasteiger partial charge in [-0.2, -0.15) is 0 Å². The van der Waals surface area contributed by atoms with Crippen LogP contribution in [0.25, 0.3) is 22.3 Å². The fourth-order valence-electron chi connectivity index (χ4n) is 11.2. The Bertz CT molecular complexity index is 3360. The van der Waals surface area contributed by atoms with Gasteiger partial charge in [0.1, 0.15) is 31.3 Å². The van der Waals surface area contributed by atoms with Crippen molar-refractivity contribution in [3.05, 3.63) is 109 Å². The predicted molar refractivity (Wildman–Crippen MR) is 293 cm³/mol. The highest BCUT2D eigenvalue weighted by Crippen LogP contribution is 2.46. The SMILES string of the molecule is CCC(C)C1=CC(=O)N(CCCCCC(=O)NCC(=O)NCC(=O)N[C@@H](Cc2ccccc2)C(=O)NCC(=O)NCO[C@@H](C(=O)N[C@H]2CCc3c(C)c(F)cc4nc5c(c2c34)Cn2c-5cc3c(c2=O)COC(=O)[C@]3(O)CC)C2CC2)C1=O. The van der Waals surface area contributed by atoms with E-state index < -0.39 is 103 Å². The van der Waals surface area contributed by atoms with Crippen LogP contribution in [-0.2, 0) is 84.2 Å². The van der Waals surface area contributed by atoms with E-state index in [0.717, 1.165) is 12.0 Å². The van der Waals surface area contributed by atoms with Gasteiger partial charge in [0.2, 0.25) is 35.4 Å². The van der Waals surface area contributed by atoms with Gasteiger partial charge in [-0.3, -0.25) is 48.1 Å². The number of carbonyl (C=O) groups is 9. The standard InChI is InChI=1S/C59H68FN9O13/c1-5-31(3)36-22-49(74)68(56(36)77)20-12-8-11-15-45(70)61-25-46(71)62-27-48(73)65-43(21-33-13-9-7-10-14-33)54(75)63-26-47(72)64-30-82-53(34-16-17-34)55(76)67-41-19-18-35-32(4)40(60)24-42-50(35)51(41)37-28-69-44(52(37)66-42)23-39-38(57(69)78)29-81-58(79)59(39,80)6-2/h7,9-10,13-14,22-24,31,34,41,43,53,80H,5-6,8,11-12,15-21,25-30H2,1-4H3,(H,61,70)(H,62,71)(H,63,75)(H,64,72)(H,65,73)(H,67,76)/t31?,41-,43-,53+,59-/m0/s1. The summed E-state index contributed by atoms with van der Waals surface area (Å²) in [5.74, 6) is -5.66. The highest BCUT2D eigenvalue weighted by molar-refractivity contribution is 6.16. The molecule has 23 heteroatoms. The molecule has 5 atom stereocenters. The summed E-state index contributed by atoms with van der Waals surface area (Å²) in [6.07, 6.45) is 4.95. The lowest BCUT2D eigenvalue weighted by Crippen LogP contribution is -2.52. The smallest absolute Gasteiger partial charge is 0.343 e. The van der Waals surface area contributed by atoms with E-state index in [1.165, 1.54) is 21.6 Å². The van der Waals surface area contributed by atoms with Gasteiger partial charge < -0.3 is 51.0 Å². The molecule has 0 bridgehead atoms. The summed E-state index contributed by atoms with van der Waals surface area (Å²) < 4.78 is 28.3. The van der Waals surface area contributed by atoms with Gasteiger partial charge in [0.15, 0.2) is 5.60 Å². The van der Waals surface area contributed by atoms with E-state index in [1.54, 1.807) is 50.2 Å². The lowest BCUT2D eigenvalue weighted by atomic mass is 9.81. The molecule has 22 nitrogen and oxygen atoms in total. The number of halogens is 1. The summed E-state index contributed by atoms with van der Waals surface area (Å²) in [6.45, 7) is 5.30. The van der Waals surface area contributed by atoms with E-state index in [2.05, 4.69) is 31.9 Å². The first-order valence-corrected chi connectivity index (χ1v) is 28.0. The number of carbonyl (C=O) groups excluding carboxylic acids is 9. The number of nitrogens with zero attached hydrogens (tertiary/aromatic N) is 3. The summed E-state index contributed by atoms with van der Waals surface area (Å²) in [7, 11) is 0. The number of hydrogen-bond acceptors (Lipinski definition) is 14. The minimum Gasteiger partial charge on any atom is -0.458 e. The van der Waals surface area contributed by atoms with E-state index in [1.807, 2.05) is 13.8 Å². The van der Waals surface area contributed by atoms with Gasteiger partial charge in [-0.1, -0.05) is 57.5 Å². The monoisotopic (exact) mass is 1130 g/mol. The fourth-order valence-corrected chi connectivity index (χ4v) is 11.2. The number of aromatic nitrogens is 2. The number of cyclic esters (lactones) is 1. The van der Waals surface area contributed by atoms with E-state index in [9.17, 15) is 53.1 Å². The molecule has 2 aromatic heterocycles. The molecular formula is C59H68FN9O13. The van der Waals surface area contributed by atoms with Crippen molar-refractivity contribution in [1.29, 1.82) is 0 Å². The van der Waals surface area contributed by atoms with Crippen LogP contribution >= 0.6 is 0 Å². The lowest BCUT2D eigenvalue weighted by Gasteiger charge is -2.31. The summed E-state index contributed by atoms with van der Waals surface area (Å²) >= 11 is 0. The van der Waals surface area contributed by atoms with Crippen LogP contribution in [-0.4, -0.2) is 118 Å². The zero-order valence-corrected chi connectivity index (χ0v) is 46.3. The van der Waals surface area contributed by atoms with Crippen LogP contribution < -0.4 is 37.5 Å². The maximum Gasteiger partial charge on any atom is 0.343 e. The Labute approximate surface area is 471 Å². The third-order valence-electron chi connectivity index (χ3n) is 16.3. The first-order chi connectivity index (χ1) is 39.3. The Morgan fingerprint density at radius 2 is 1.59 bits per heavy atom. The van der Waals surface area contributed by atoms with E-state index >= 15 is 4.39 Å². The molecule has 82 heavy (non-hydrogen) atoms. The molecule has 7 N–H and O–H groups in total. The topological polar surface area (TPSA) is 303 Å². The van der Waals surface area contributed by atoms with Crippen molar-refractivity contribution < 1.29 is 62.1 Å². The summed E-state index contributed by atoms with van der Waals surface area (Å²) in [5, 5.41) is 27.9. The first-order valence-electron chi connectivity index (χ1n) is 28.0. The van der Waals surface area contributed by atoms with Gasteiger partial charge in [0.25, 0.3) is 17.4 Å². The van der Waals surface area contributed by atoms with Crippen LogP contribution in [0.5, 0.6) is 0 Å². The van der Waals surface area contributed by atoms with Crippen molar-refractivity contribution in [1.82, 2.24) is 46.4 Å². The molecule has 9 rings (SSSR count). The molecule has 434 valence electrons. The summed E-state index contributed by atoms with van der Waals surface area (Å²) in [5.41, 5.74) is 2.47. The Balaban J connectivity index is 0.756. The van der Waals surface area contributed by atoms with Crippen LogP contribution in [0.4, 0.5) is 4.39 Å². The molecule has 1 unspecified atom stereocenters. The highest BCUT2D eigenvalue weighted by Gasteiger charge is 2.46. The average molecular weight is 1130 g/mol. The van der Waals surface area contributed by atoms with Gasteiger partial charge in [-0.25, -0.2) is 14.2 Å². The zero-order valence-electron chi connectivity index (χ0n) is 46.3. The van der Waals surface area contributed by atoms with E-state index in [0.29, 0.717) is 95.1 Å². The summed E-state index contributed by atoms with van der Waals surface area (Å²) in [4.78, 5) is 137. The molecule has 4 aromatic rings. The molecule has 2 aliphatic carbocycles. The number of amides is 8. The number of unbranched alkanes of at least 4 members (excludes halogenated alkanes) is 2. The second-order valence-electron chi connectivity index (χ2n) is 21.7. The van der Waals surface area contributed by atoms with Crippen LogP contribution in [0.15, 0.2) is 58.9 Å². The third kappa shape index (κ3) is 12.3. The number of nitrogens with one attached hydrogen (secondary N) is 6. The maximum absolute atomic E-state index is 15.5. The number of aryl methyl sites for hydroxylation is 1. The Morgan fingerprint density at radius 3 is 2.32 bits per heavy atom. The van der Waals surface area contributed by atoms with Crippen molar-refractivity contribution in [2.45, 2.75) is 135 Å². The number of ether oxygens (including phenoxy) is 2. The molecule has 1 fully saturated rings. The van der Waals surface area contributed by atoms with Gasteiger partial charge in [0, 0.05) is 53.6 Å². The van der Waals surface area contributed by atoms with Crippen LogP contribution in [0.3, 0.4) is 0 Å². The second-order valence-corrected chi connectivity index (χ2v) is 21.7. The van der Waals surface area contributed by atoms with Crippen molar-refractivity contribution in [2.75, 3.05) is 32.9 Å². The third-order valence-corrected chi connectivity index (χ3v) is 16.3. The molecule has 1 saturated carbocycles. The lowest BCUT2D eigenvalue weighted by molar-refractivity contribution is -0.172. The number of esters is 1. The van der Waals surface area contributed by atoms with Gasteiger partial charge in [-0.15, -0.1) is 0 Å². The molecule has 0 saturated heterocycles. The number of aliphatic hydroxyl groups is 1. The Hall–Kier alpha value is -8.18. The van der Waals surface area contributed by atoms with Crippen molar-refractivity contribution in [3.8, 4) is 11.4 Å². The minimum absolute atomic E-state index is 0.0115. The Morgan fingerprint density at radius 1 is 0.866 bits per heavy atom. The quantitative estimate of drug-likeness (QED) is 0.0191. The fraction of sp³-hybridized carbons (Fsp3) is 0.475. The number of hydrogen-bond donors (Lipinski definition) is 7. The highest BCUT2D eigenvalue weighted by atomic mass is 19.1. The van der Waals surface area contributed by atoms with Gasteiger partial charge in [-0.05, 0) is 98.4 Å². The first kappa shape index (κ1) is 58.5. The van der Waals surface area contributed by atoms with Gasteiger partial charge >= 0.3 is 5.97 Å². The number of pyridine rings is 2. The number of rotatable bonds is 25. The number of fused-ring (bicyclic) bond motifs is 5. The normalized spacial score (nSPS) is 18.8. The predicted octanol–water partition coefficient (Wildman–Crippen LogP) is 2.48. The molecule has 2 aromatic carbocycles. The molecule has 0 radical (unpaired) electrons. The van der Waals surface area contributed by atoms with E-state index in [-0.39, 0.29) is 73.7 Å². The molecule has 0 spiro atoms. The van der Waals surface area contributed by atoms with Crippen LogP contribution in [0.1, 0.15) is 124 Å². The van der Waals surface area contributed by atoms with Crippen molar-refractivity contribution in [3.63, 3.8) is 0 Å². The van der Waals surface area contributed by atoms with E-state index in [4.69, 9.17) is 14.5 Å².